The normalized spacial score (nSPS) is 15.0. The van der Waals surface area contributed by atoms with Crippen LogP contribution in [0.5, 0.6) is 17.4 Å². The summed E-state index contributed by atoms with van der Waals surface area (Å²) >= 11 is 0. The predicted octanol–water partition coefficient (Wildman–Crippen LogP) is 15.4. The van der Waals surface area contributed by atoms with Crippen LogP contribution in [0.25, 0.3) is 88.2 Å². The highest BCUT2D eigenvalue weighted by molar-refractivity contribution is 6.14. The summed E-state index contributed by atoms with van der Waals surface area (Å²) in [5.41, 5.74) is 12.1. The van der Waals surface area contributed by atoms with Gasteiger partial charge in [-0.15, -0.1) is 0 Å². The second kappa shape index (κ2) is 39.5. The van der Waals surface area contributed by atoms with Crippen LogP contribution < -0.4 is 35.5 Å². The van der Waals surface area contributed by atoms with E-state index in [2.05, 4.69) is 128 Å². The molecular weight excluding hydrogens is 1670 g/mol. The predicted molar refractivity (Wildman–Crippen MR) is 496 cm³/mol. The molecule has 0 spiro atoms. The fourth-order valence-electron chi connectivity index (χ4n) is 16.5. The van der Waals surface area contributed by atoms with Crippen molar-refractivity contribution in [2.75, 3.05) is 94.8 Å². The quantitative estimate of drug-likeness (QED) is 0.0351. The third kappa shape index (κ3) is 21.2. The summed E-state index contributed by atoms with van der Waals surface area (Å²) in [5, 5.41) is 53.9. The molecule has 4 amide bonds. The molecular formula is C96H102F3N25O7. The van der Waals surface area contributed by atoms with Crippen molar-refractivity contribution in [3.63, 3.8) is 0 Å². The molecule has 32 nitrogen and oxygen atoms in total. The van der Waals surface area contributed by atoms with Gasteiger partial charge in [-0.05, 0) is 224 Å². The fourth-order valence-corrected chi connectivity index (χ4v) is 16.5. The average Bonchev–Trinajstić information content (AvgIpc) is 1.65. The Hall–Kier alpha value is -14.7. The monoisotopic (exact) mass is 1770 g/mol. The van der Waals surface area contributed by atoms with Crippen LogP contribution in [-0.2, 0) is 34.7 Å². The van der Waals surface area contributed by atoms with Gasteiger partial charge in [-0.25, -0.2) is 23.1 Å². The van der Waals surface area contributed by atoms with Crippen LogP contribution in [-0.4, -0.2) is 220 Å². The van der Waals surface area contributed by atoms with Crippen LogP contribution in [0.1, 0.15) is 111 Å². The van der Waals surface area contributed by atoms with Crippen molar-refractivity contribution in [1.82, 2.24) is 104 Å². The van der Waals surface area contributed by atoms with Gasteiger partial charge in [0.05, 0.1) is 64.6 Å². The number of H-pyrrole nitrogens is 4. The molecule has 4 fully saturated rings. The Morgan fingerprint density at radius 3 is 1.35 bits per heavy atom. The molecule has 4 aliphatic heterocycles. The first-order valence-corrected chi connectivity index (χ1v) is 43.7. The summed E-state index contributed by atoms with van der Waals surface area (Å²) in [4.78, 5) is 69.5. The first kappa shape index (κ1) is 88.4. The van der Waals surface area contributed by atoms with Crippen molar-refractivity contribution in [2.24, 2.45) is 28.2 Å². The van der Waals surface area contributed by atoms with Gasteiger partial charge < -0.3 is 54.7 Å². The molecule has 7 aromatic carbocycles. The summed E-state index contributed by atoms with van der Waals surface area (Å²) in [6.07, 6.45) is 24.3. The van der Waals surface area contributed by atoms with Crippen LogP contribution in [0.15, 0.2) is 189 Å². The number of anilines is 4. The number of fused-ring (bicyclic) bond motifs is 4. The van der Waals surface area contributed by atoms with E-state index in [9.17, 15) is 32.3 Å². The largest absolute Gasteiger partial charge is 0.490 e. The zero-order chi connectivity index (χ0) is 90.9. The molecule has 674 valence electrons. The topological polar surface area (TPSA) is 356 Å². The number of benzene rings is 7. The number of aromatic amines is 4. The van der Waals surface area contributed by atoms with Crippen molar-refractivity contribution in [3.05, 3.63) is 241 Å². The molecule has 9 aromatic heterocycles. The van der Waals surface area contributed by atoms with Gasteiger partial charge in [0, 0.05) is 160 Å². The van der Waals surface area contributed by atoms with Gasteiger partial charge >= 0.3 is 0 Å². The van der Waals surface area contributed by atoms with E-state index >= 15 is 0 Å². The average molecular weight is 1780 g/mol. The van der Waals surface area contributed by atoms with E-state index in [-0.39, 0.29) is 58.6 Å². The third-order valence-electron chi connectivity index (χ3n) is 24.1. The third-order valence-corrected chi connectivity index (χ3v) is 24.1. The van der Waals surface area contributed by atoms with Crippen LogP contribution in [0.2, 0.25) is 0 Å². The molecule has 35 heteroatoms. The number of pyridine rings is 1. The van der Waals surface area contributed by atoms with E-state index in [1.54, 1.807) is 105 Å². The van der Waals surface area contributed by atoms with E-state index < -0.39 is 23.4 Å². The molecule has 131 heavy (non-hydrogen) atoms. The summed E-state index contributed by atoms with van der Waals surface area (Å²) < 4.78 is 69.2. The maximum Gasteiger partial charge on any atom is 0.276 e. The number of aromatic nitrogens is 17. The number of piperidine rings is 4. The van der Waals surface area contributed by atoms with E-state index in [4.69, 9.17) is 14.2 Å². The molecule has 20 rings (SSSR count). The second-order valence-corrected chi connectivity index (χ2v) is 33.8. The molecule has 0 aliphatic carbocycles. The zero-order valence-electron chi connectivity index (χ0n) is 74.0. The highest BCUT2D eigenvalue weighted by Gasteiger charge is 2.27. The summed E-state index contributed by atoms with van der Waals surface area (Å²) in [7, 11) is 13.7. The van der Waals surface area contributed by atoms with E-state index in [1.165, 1.54) is 24.6 Å². The number of hydrogen-bond acceptors (Lipinski definition) is 20. The minimum atomic E-state index is -0.595. The molecule has 13 heterocycles. The van der Waals surface area contributed by atoms with Crippen LogP contribution in [0, 0.1) is 24.4 Å². The van der Waals surface area contributed by atoms with Crippen molar-refractivity contribution in [2.45, 2.75) is 89.6 Å². The van der Waals surface area contributed by atoms with Crippen molar-refractivity contribution in [1.29, 1.82) is 0 Å². The Morgan fingerprint density at radius 1 is 0.405 bits per heavy atom. The lowest BCUT2D eigenvalue weighted by molar-refractivity contribution is 0.101. The Labute approximate surface area is 752 Å². The smallest absolute Gasteiger partial charge is 0.276 e. The van der Waals surface area contributed by atoms with Crippen LogP contribution in [0.3, 0.4) is 0 Å². The Balaban J connectivity index is 0.000000122. The summed E-state index contributed by atoms with van der Waals surface area (Å²) in [6, 6.07) is 41.0. The number of imidazole rings is 1. The number of aryl methyl sites for hydroxylation is 4. The molecule has 0 radical (unpaired) electrons. The Bertz CT molecular complexity index is 6540. The van der Waals surface area contributed by atoms with Crippen molar-refractivity contribution in [3.8, 4) is 62.0 Å². The van der Waals surface area contributed by atoms with E-state index in [1.807, 2.05) is 119 Å². The standard InChI is InChI=1S/C25H27FN6O2.C24H24F2N6O.C24H26N6O2.C23H25N7O2/c1-15-27-14-23(32(15)3)19-12-20-22(13-21(19)26)29-30-24(20)25(33)28-16-4-6-17(7-5-16)34-18-8-10-31(2)11-9-18;1-31-14-17(12-27-31)16-10-18-22(20(26)11-16)29-30-23(18)24(33)28-21-6-5-15(9-19(21)25)13-32-7-3-2-4-8-32;1-29-11-9-20(10-12-29)32-19-6-4-18(5-7-19)26-24(31)23-21-13-16(3-8-22(21)27-28-23)17-14-25-30(2)15-17;1-29-9-7-18(8-10-29)32-21-6-4-17(13-24-21)26-23(31)22-19-11-15(3-5-20(19)27-28-22)16-12-25-30(2)14-16/h4-7,12-14,18H,8-11H2,1-3H3,(H,28,33)(H,29,30);5-6,9-12,14H,2-4,7-8,13H2,1H3,(H,28,33)(H,29,30);3-8,13-15,20H,9-12H2,1-2H3,(H,26,31)(H,27,28);3-6,11-14,18H,7-10H2,1-2H3,(H,26,31)(H,27,28). The van der Waals surface area contributed by atoms with Crippen molar-refractivity contribution < 1.29 is 46.6 Å². The molecule has 0 bridgehead atoms. The minimum Gasteiger partial charge on any atom is -0.490 e. The van der Waals surface area contributed by atoms with Gasteiger partial charge in [-0.3, -0.25) is 58.5 Å². The fraction of sp³-hybridized carbons (Fsp3) is 0.302. The highest BCUT2D eigenvalue weighted by atomic mass is 19.1. The molecule has 0 atom stereocenters. The number of hydrogen-bond donors (Lipinski definition) is 8. The highest BCUT2D eigenvalue weighted by Crippen LogP contribution is 2.35. The number of likely N-dealkylation sites (tertiary alicyclic amines) is 4. The van der Waals surface area contributed by atoms with Gasteiger partial charge in [-0.2, -0.15) is 35.7 Å². The van der Waals surface area contributed by atoms with Gasteiger partial charge in [0.1, 0.15) is 58.5 Å². The molecule has 4 saturated heterocycles. The minimum absolute atomic E-state index is 0.0464. The Kier molecular flexibility index (Phi) is 26.6. The van der Waals surface area contributed by atoms with Gasteiger partial charge in [0.15, 0.2) is 22.9 Å². The molecule has 8 N–H and O–H groups in total. The number of carbonyl (C=O) groups excluding carboxylic acids is 4. The lowest BCUT2D eigenvalue weighted by atomic mass is 10.1. The van der Waals surface area contributed by atoms with Crippen LogP contribution in [0.4, 0.5) is 35.9 Å². The number of rotatable bonds is 20. The first-order chi connectivity index (χ1) is 63.5. The van der Waals surface area contributed by atoms with Gasteiger partial charge in [-0.1, -0.05) is 24.6 Å². The number of carbonyl (C=O) groups is 4. The molecule has 0 unspecified atom stereocenters. The first-order valence-electron chi connectivity index (χ1n) is 43.7. The van der Waals surface area contributed by atoms with E-state index in [0.29, 0.717) is 79.5 Å². The molecule has 4 aliphatic rings. The Morgan fingerprint density at radius 2 is 0.878 bits per heavy atom. The van der Waals surface area contributed by atoms with Gasteiger partial charge in [0.25, 0.3) is 23.6 Å². The summed E-state index contributed by atoms with van der Waals surface area (Å²) in [6.45, 7) is 10.8. The second-order valence-electron chi connectivity index (χ2n) is 33.8. The molecule has 16 aromatic rings. The maximum atomic E-state index is 14.8. The SMILES string of the molecule is CN1CCC(Oc2ccc(NC(=O)c3n[nH]c4ccc(-c5cnn(C)c5)cc34)cc2)CC1.CN1CCC(Oc2ccc(NC(=O)c3n[nH]c4ccc(-c5cnn(C)c5)cc34)cn2)CC1.Cc1ncc(-c2cc3c(C(=O)Nc4ccc(OC5CCN(C)CC5)cc4)n[nH]c3cc2F)n1C.Cn1cc(-c2cc(F)c3n[nH]c(C(=O)Nc4ccc(CN5CCCCC5)cc4F)c3c2)cn1. The number of amides is 4. The number of nitrogens with one attached hydrogen (secondary N) is 8. The molecule has 0 saturated carbocycles. The zero-order valence-corrected chi connectivity index (χ0v) is 74.0. The van der Waals surface area contributed by atoms with Gasteiger partial charge in [0.2, 0.25) is 5.88 Å². The van der Waals surface area contributed by atoms with E-state index in [0.717, 1.165) is 171 Å². The van der Waals surface area contributed by atoms with Crippen molar-refractivity contribution >= 4 is 90.0 Å². The number of nitrogens with zero attached hydrogens (tertiary/aromatic N) is 17. The van der Waals surface area contributed by atoms with Crippen LogP contribution >= 0.6 is 0 Å². The lowest BCUT2D eigenvalue weighted by Crippen LogP contribution is -2.35. The number of ether oxygens (including phenoxy) is 3. The maximum absolute atomic E-state index is 14.8. The lowest BCUT2D eigenvalue weighted by Gasteiger charge is -2.29. The number of halogens is 3. The summed E-state index contributed by atoms with van der Waals surface area (Å²) in [5.74, 6) is -0.0732.